The summed E-state index contributed by atoms with van der Waals surface area (Å²) >= 11 is 5.95. The predicted molar refractivity (Wildman–Crippen MR) is 57.7 cm³/mol. The molecule has 0 amide bonds. The summed E-state index contributed by atoms with van der Waals surface area (Å²) in [6.07, 6.45) is 4.35. The van der Waals surface area contributed by atoms with Crippen LogP contribution in [0.5, 0.6) is 0 Å². The summed E-state index contributed by atoms with van der Waals surface area (Å²) in [6, 6.07) is 1.94. The molecule has 1 N–H and O–H groups in total. The van der Waals surface area contributed by atoms with Gasteiger partial charge in [0.1, 0.15) is 0 Å². The number of hydrogen-bond donors (Lipinski definition) is 1. The zero-order valence-corrected chi connectivity index (χ0v) is 9.05. The molecule has 0 aliphatic heterocycles. The molecule has 0 bridgehead atoms. The van der Waals surface area contributed by atoms with Crippen molar-refractivity contribution in [3.05, 3.63) is 29.0 Å². The first-order chi connectivity index (χ1) is 6.84. The normalized spacial score (nSPS) is 10.4. The molecule has 1 aromatic rings. The van der Waals surface area contributed by atoms with Gasteiger partial charge < -0.3 is 10.1 Å². The van der Waals surface area contributed by atoms with Gasteiger partial charge in [0.15, 0.2) is 0 Å². The molecule has 0 saturated carbocycles. The van der Waals surface area contributed by atoms with E-state index < -0.39 is 0 Å². The minimum absolute atomic E-state index is 0.737. The van der Waals surface area contributed by atoms with E-state index in [0.29, 0.717) is 0 Å². The molecule has 0 aliphatic carbocycles. The van der Waals surface area contributed by atoms with E-state index in [9.17, 15) is 0 Å². The van der Waals surface area contributed by atoms with Crippen LogP contribution in [-0.4, -0.2) is 31.8 Å². The van der Waals surface area contributed by atoms with E-state index in [1.807, 2.05) is 6.07 Å². The van der Waals surface area contributed by atoms with Crippen molar-refractivity contribution in [2.45, 2.75) is 6.42 Å². The number of ether oxygens (including phenoxy) is 1. The van der Waals surface area contributed by atoms with Gasteiger partial charge in [-0.15, -0.1) is 0 Å². The number of pyridine rings is 1. The fourth-order valence-electron chi connectivity index (χ4n) is 1.13. The third kappa shape index (κ3) is 4.05. The molecule has 4 heteroatoms. The Kier molecular flexibility index (Phi) is 5.52. The molecule has 0 spiro atoms. The van der Waals surface area contributed by atoms with Gasteiger partial charge in [-0.25, -0.2) is 0 Å². The van der Waals surface area contributed by atoms with Crippen molar-refractivity contribution in [2.75, 3.05) is 26.8 Å². The van der Waals surface area contributed by atoms with Crippen LogP contribution in [-0.2, 0) is 11.2 Å². The molecule has 1 rings (SSSR count). The summed E-state index contributed by atoms with van der Waals surface area (Å²) in [5.41, 5.74) is 1.13. The van der Waals surface area contributed by atoms with E-state index in [2.05, 4.69) is 10.3 Å². The highest BCUT2D eigenvalue weighted by Crippen LogP contribution is 2.12. The first-order valence-corrected chi connectivity index (χ1v) is 5.00. The van der Waals surface area contributed by atoms with Crippen LogP contribution in [0.4, 0.5) is 0 Å². The van der Waals surface area contributed by atoms with Gasteiger partial charge >= 0.3 is 0 Å². The summed E-state index contributed by atoms with van der Waals surface area (Å²) in [4.78, 5) is 3.93. The molecule has 0 unspecified atom stereocenters. The topological polar surface area (TPSA) is 34.1 Å². The smallest absolute Gasteiger partial charge is 0.0621 e. The van der Waals surface area contributed by atoms with Crippen LogP contribution in [0.25, 0.3) is 0 Å². The van der Waals surface area contributed by atoms with Crippen molar-refractivity contribution >= 4 is 11.6 Å². The Hall–Kier alpha value is -0.640. The number of hydrogen-bond acceptors (Lipinski definition) is 3. The van der Waals surface area contributed by atoms with Crippen molar-refractivity contribution in [1.29, 1.82) is 0 Å². The fraction of sp³-hybridized carbons (Fsp3) is 0.500. The van der Waals surface area contributed by atoms with Crippen molar-refractivity contribution in [2.24, 2.45) is 0 Å². The largest absolute Gasteiger partial charge is 0.383 e. The number of aromatic nitrogens is 1. The average Bonchev–Trinajstić information content (AvgIpc) is 2.20. The number of methoxy groups -OCH3 is 1. The minimum Gasteiger partial charge on any atom is -0.383 e. The molecule has 0 atom stereocenters. The van der Waals surface area contributed by atoms with Crippen LogP contribution >= 0.6 is 11.6 Å². The van der Waals surface area contributed by atoms with Gasteiger partial charge in [0.2, 0.25) is 0 Å². The maximum Gasteiger partial charge on any atom is 0.0621 e. The minimum atomic E-state index is 0.737. The predicted octanol–water partition coefficient (Wildman–Crippen LogP) is 1.51. The number of nitrogens with one attached hydrogen (secondary N) is 1. The van der Waals surface area contributed by atoms with Crippen molar-refractivity contribution in [3.8, 4) is 0 Å². The average molecular weight is 215 g/mol. The van der Waals surface area contributed by atoms with Crippen molar-refractivity contribution in [3.63, 3.8) is 0 Å². The molecular formula is C10H15ClN2O. The van der Waals surface area contributed by atoms with Gasteiger partial charge in [0.05, 0.1) is 11.6 Å². The Balaban J connectivity index is 2.21. The Morgan fingerprint density at radius 3 is 3.07 bits per heavy atom. The quantitative estimate of drug-likeness (QED) is 0.730. The second-order valence-corrected chi connectivity index (χ2v) is 3.37. The maximum absolute atomic E-state index is 5.95. The molecule has 1 aromatic heterocycles. The second kappa shape index (κ2) is 6.76. The Labute approximate surface area is 89.4 Å². The van der Waals surface area contributed by atoms with Crippen molar-refractivity contribution in [1.82, 2.24) is 10.3 Å². The van der Waals surface area contributed by atoms with Crippen LogP contribution in [0.2, 0.25) is 5.02 Å². The number of nitrogens with zero attached hydrogens (tertiary/aromatic N) is 1. The summed E-state index contributed by atoms with van der Waals surface area (Å²) in [5.74, 6) is 0. The zero-order valence-electron chi connectivity index (χ0n) is 8.29. The Morgan fingerprint density at radius 1 is 1.50 bits per heavy atom. The molecule has 0 aromatic carbocycles. The van der Waals surface area contributed by atoms with E-state index in [1.54, 1.807) is 19.5 Å². The summed E-state index contributed by atoms with van der Waals surface area (Å²) in [5, 5.41) is 4.00. The lowest BCUT2D eigenvalue weighted by Gasteiger charge is -2.05. The summed E-state index contributed by atoms with van der Waals surface area (Å²) < 4.78 is 4.92. The highest BCUT2D eigenvalue weighted by Gasteiger charge is 1.98. The first-order valence-electron chi connectivity index (χ1n) is 4.62. The molecule has 0 radical (unpaired) electrons. The van der Waals surface area contributed by atoms with Crippen LogP contribution in [0.15, 0.2) is 18.5 Å². The molecular weight excluding hydrogens is 200 g/mol. The van der Waals surface area contributed by atoms with Gasteiger partial charge in [-0.2, -0.15) is 0 Å². The fourth-order valence-corrected chi connectivity index (χ4v) is 1.34. The Bertz CT molecular complexity index is 268. The van der Waals surface area contributed by atoms with Gasteiger partial charge in [0.25, 0.3) is 0 Å². The summed E-state index contributed by atoms with van der Waals surface area (Å²) in [7, 11) is 1.70. The second-order valence-electron chi connectivity index (χ2n) is 2.96. The zero-order chi connectivity index (χ0) is 10.2. The lowest BCUT2D eigenvalue weighted by Crippen LogP contribution is -2.21. The van der Waals surface area contributed by atoms with Gasteiger partial charge in [0, 0.05) is 26.0 Å². The maximum atomic E-state index is 5.95. The lowest BCUT2D eigenvalue weighted by atomic mass is 10.2. The highest BCUT2D eigenvalue weighted by molar-refractivity contribution is 6.31. The van der Waals surface area contributed by atoms with Crippen LogP contribution < -0.4 is 5.32 Å². The Morgan fingerprint density at radius 2 is 2.36 bits per heavy atom. The van der Waals surface area contributed by atoms with E-state index in [-0.39, 0.29) is 0 Å². The monoisotopic (exact) mass is 214 g/mol. The third-order valence-corrected chi connectivity index (χ3v) is 2.25. The van der Waals surface area contributed by atoms with Crippen LogP contribution in [0.1, 0.15) is 5.56 Å². The lowest BCUT2D eigenvalue weighted by molar-refractivity contribution is 0.199. The van der Waals surface area contributed by atoms with Crippen LogP contribution in [0.3, 0.4) is 0 Å². The van der Waals surface area contributed by atoms with E-state index in [4.69, 9.17) is 16.3 Å². The van der Waals surface area contributed by atoms with E-state index >= 15 is 0 Å². The molecule has 1 heterocycles. The number of rotatable bonds is 6. The molecule has 0 aliphatic rings. The van der Waals surface area contributed by atoms with Gasteiger partial charge in [-0.3, -0.25) is 4.98 Å². The number of halogens is 1. The molecule has 0 saturated heterocycles. The van der Waals surface area contributed by atoms with Crippen LogP contribution in [0, 0.1) is 0 Å². The molecule has 78 valence electrons. The van der Waals surface area contributed by atoms with Gasteiger partial charge in [-0.05, 0) is 24.6 Å². The highest BCUT2D eigenvalue weighted by atomic mass is 35.5. The van der Waals surface area contributed by atoms with E-state index in [1.165, 1.54) is 0 Å². The van der Waals surface area contributed by atoms with Crippen molar-refractivity contribution < 1.29 is 4.74 Å². The van der Waals surface area contributed by atoms with E-state index in [0.717, 1.165) is 36.7 Å². The SMILES string of the molecule is COCCNCCc1ccncc1Cl. The standard InChI is InChI=1S/C10H15ClN2O/c1-14-7-6-12-4-2-9-3-5-13-8-10(9)11/h3,5,8,12H,2,4,6-7H2,1H3. The molecule has 0 fully saturated rings. The first kappa shape index (κ1) is 11.4. The van der Waals surface area contributed by atoms with Gasteiger partial charge in [-0.1, -0.05) is 11.6 Å². The third-order valence-electron chi connectivity index (χ3n) is 1.91. The molecule has 14 heavy (non-hydrogen) atoms. The summed E-state index contributed by atoms with van der Waals surface area (Å²) in [6.45, 7) is 2.52. The molecule has 3 nitrogen and oxygen atoms in total.